The van der Waals surface area contributed by atoms with Gasteiger partial charge < -0.3 is 5.32 Å². The molecule has 0 bridgehead atoms. The van der Waals surface area contributed by atoms with Crippen LogP contribution in [0.25, 0.3) is 0 Å². The van der Waals surface area contributed by atoms with E-state index in [-0.39, 0.29) is 11.7 Å². The van der Waals surface area contributed by atoms with E-state index in [0.717, 1.165) is 10.0 Å². The van der Waals surface area contributed by atoms with Crippen LogP contribution in [0.1, 0.15) is 24.1 Å². The fourth-order valence-corrected chi connectivity index (χ4v) is 2.31. The third kappa shape index (κ3) is 3.58. The zero-order valence-corrected chi connectivity index (χ0v) is 12.8. The van der Waals surface area contributed by atoms with Crippen molar-refractivity contribution in [2.24, 2.45) is 0 Å². The fraction of sp³-hybridized carbons (Fsp3) is 0.133. The first-order valence-corrected chi connectivity index (χ1v) is 7.01. The van der Waals surface area contributed by atoms with Crippen molar-refractivity contribution in [3.63, 3.8) is 0 Å². The van der Waals surface area contributed by atoms with Crippen molar-refractivity contribution in [2.45, 2.75) is 13.0 Å². The van der Waals surface area contributed by atoms with Gasteiger partial charge in [0.15, 0.2) is 0 Å². The van der Waals surface area contributed by atoms with Crippen molar-refractivity contribution in [1.29, 1.82) is 5.26 Å². The number of benzene rings is 2. The number of rotatable bonds is 4. The van der Waals surface area contributed by atoms with Crippen molar-refractivity contribution in [2.75, 3.05) is 5.32 Å². The second kappa shape index (κ2) is 6.37. The molecule has 0 fully saturated rings. The molecule has 1 atom stereocenters. The van der Waals surface area contributed by atoms with Crippen LogP contribution in [-0.2, 0) is 0 Å². The van der Waals surface area contributed by atoms with E-state index in [2.05, 4.69) is 27.3 Å². The van der Waals surface area contributed by atoms with E-state index >= 15 is 0 Å². The molecule has 6 heteroatoms. The Hall–Kier alpha value is -2.39. The first-order chi connectivity index (χ1) is 10.0. The van der Waals surface area contributed by atoms with Gasteiger partial charge in [-0.1, -0.05) is 28.1 Å². The Balaban J connectivity index is 2.26. The molecule has 2 rings (SSSR count). The van der Waals surface area contributed by atoms with Crippen molar-refractivity contribution >= 4 is 27.3 Å². The van der Waals surface area contributed by atoms with Crippen LogP contribution in [0.2, 0.25) is 0 Å². The maximum absolute atomic E-state index is 11.0. The molecule has 106 valence electrons. The molecule has 2 aromatic rings. The summed E-state index contributed by atoms with van der Waals surface area (Å²) in [7, 11) is 0. The molecular weight excluding hydrogens is 334 g/mol. The number of nitro benzene ring substituents is 1. The van der Waals surface area contributed by atoms with Crippen molar-refractivity contribution in [3.05, 3.63) is 68.2 Å². The standard InChI is InChI=1S/C15H12BrN3O2/c1-10(12-4-2-11(9-17)3-5-12)18-14-8-13(16)6-7-15(14)19(20)21/h2-8,10,18H,1H3. The normalized spacial score (nSPS) is 11.5. The molecule has 0 heterocycles. The monoisotopic (exact) mass is 345 g/mol. The lowest BCUT2D eigenvalue weighted by atomic mass is 10.1. The Morgan fingerprint density at radius 2 is 1.95 bits per heavy atom. The summed E-state index contributed by atoms with van der Waals surface area (Å²) in [5.41, 5.74) is 2.01. The highest BCUT2D eigenvalue weighted by atomic mass is 79.9. The lowest BCUT2D eigenvalue weighted by Crippen LogP contribution is -2.08. The summed E-state index contributed by atoms with van der Waals surface area (Å²) in [6, 6.07) is 13.8. The average molecular weight is 346 g/mol. The van der Waals surface area contributed by atoms with Crippen LogP contribution in [0.5, 0.6) is 0 Å². The Kier molecular flexibility index (Phi) is 4.55. The number of nitrogens with zero attached hydrogens (tertiary/aromatic N) is 2. The first kappa shape index (κ1) is 15.0. The van der Waals surface area contributed by atoms with Crippen LogP contribution in [-0.4, -0.2) is 4.92 Å². The van der Waals surface area contributed by atoms with Crippen LogP contribution in [0, 0.1) is 21.4 Å². The van der Waals surface area contributed by atoms with Crippen LogP contribution in [0.15, 0.2) is 46.9 Å². The van der Waals surface area contributed by atoms with Gasteiger partial charge >= 0.3 is 0 Å². The smallest absolute Gasteiger partial charge is 0.292 e. The highest BCUT2D eigenvalue weighted by Gasteiger charge is 2.16. The summed E-state index contributed by atoms with van der Waals surface area (Å²) in [5, 5.41) is 23.0. The molecule has 0 saturated heterocycles. The molecule has 0 aromatic heterocycles. The third-order valence-corrected chi connectivity index (χ3v) is 3.56. The maximum Gasteiger partial charge on any atom is 0.292 e. The minimum atomic E-state index is -0.416. The van der Waals surface area contributed by atoms with E-state index in [1.807, 2.05) is 19.1 Å². The van der Waals surface area contributed by atoms with Gasteiger partial charge in [-0.15, -0.1) is 0 Å². The van der Waals surface area contributed by atoms with Crippen LogP contribution < -0.4 is 5.32 Å². The summed E-state index contributed by atoms with van der Waals surface area (Å²) < 4.78 is 0.766. The molecule has 2 aromatic carbocycles. The van der Waals surface area contributed by atoms with Gasteiger partial charge in [0.25, 0.3) is 5.69 Å². The predicted molar refractivity (Wildman–Crippen MR) is 84.0 cm³/mol. The Morgan fingerprint density at radius 1 is 1.29 bits per heavy atom. The molecule has 0 aliphatic heterocycles. The molecule has 0 aliphatic rings. The van der Waals surface area contributed by atoms with Crippen molar-refractivity contribution in [1.82, 2.24) is 0 Å². The zero-order valence-electron chi connectivity index (χ0n) is 11.2. The largest absolute Gasteiger partial charge is 0.373 e. The predicted octanol–water partition coefficient (Wildman–Crippen LogP) is 4.40. The van der Waals surface area contributed by atoms with E-state index in [9.17, 15) is 10.1 Å². The minimum absolute atomic E-state index is 0.0266. The van der Waals surface area contributed by atoms with Gasteiger partial charge in [0.05, 0.1) is 16.6 Å². The fourth-order valence-electron chi connectivity index (χ4n) is 1.95. The SMILES string of the molecule is CC(Nc1cc(Br)ccc1[N+](=O)[O-])c1ccc(C#N)cc1. The van der Waals surface area contributed by atoms with Gasteiger partial charge in [-0.2, -0.15) is 5.26 Å². The molecule has 1 unspecified atom stereocenters. The number of nitro groups is 1. The van der Waals surface area contributed by atoms with Gasteiger partial charge in [-0.25, -0.2) is 0 Å². The summed E-state index contributed by atoms with van der Waals surface area (Å²) >= 11 is 3.31. The van der Waals surface area contributed by atoms with E-state index in [0.29, 0.717) is 11.3 Å². The molecule has 21 heavy (non-hydrogen) atoms. The maximum atomic E-state index is 11.0. The number of nitriles is 1. The molecule has 0 saturated carbocycles. The molecule has 1 N–H and O–H groups in total. The van der Waals surface area contributed by atoms with E-state index < -0.39 is 4.92 Å². The molecule has 0 aliphatic carbocycles. The van der Waals surface area contributed by atoms with E-state index in [1.54, 1.807) is 24.3 Å². The Labute approximate surface area is 130 Å². The Morgan fingerprint density at radius 3 is 2.52 bits per heavy atom. The summed E-state index contributed by atoms with van der Waals surface area (Å²) in [5.74, 6) is 0. The molecular formula is C15H12BrN3O2. The van der Waals surface area contributed by atoms with Gasteiger partial charge in [0.1, 0.15) is 5.69 Å². The number of hydrogen-bond donors (Lipinski definition) is 1. The quantitative estimate of drug-likeness (QED) is 0.657. The summed E-state index contributed by atoms with van der Waals surface area (Å²) in [6.07, 6.45) is 0. The van der Waals surface area contributed by atoms with Crippen molar-refractivity contribution < 1.29 is 4.92 Å². The highest BCUT2D eigenvalue weighted by Crippen LogP contribution is 2.31. The van der Waals surface area contributed by atoms with Gasteiger partial charge in [0.2, 0.25) is 0 Å². The van der Waals surface area contributed by atoms with Crippen LogP contribution in [0.3, 0.4) is 0 Å². The lowest BCUT2D eigenvalue weighted by molar-refractivity contribution is -0.384. The van der Waals surface area contributed by atoms with Crippen LogP contribution in [0.4, 0.5) is 11.4 Å². The number of nitrogens with one attached hydrogen (secondary N) is 1. The molecule has 5 nitrogen and oxygen atoms in total. The second-order valence-electron chi connectivity index (χ2n) is 4.52. The Bertz CT molecular complexity index is 708. The van der Waals surface area contributed by atoms with Crippen LogP contribution >= 0.6 is 15.9 Å². The number of anilines is 1. The summed E-state index contributed by atoms with van der Waals surface area (Å²) in [6.45, 7) is 1.91. The minimum Gasteiger partial charge on any atom is -0.373 e. The van der Waals surface area contributed by atoms with Gasteiger partial charge in [0, 0.05) is 16.6 Å². The third-order valence-electron chi connectivity index (χ3n) is 3.07. The molecule has 0 spiro atoms. The number of hydrogen-bond acceptors (Lipinski definition) is 4. The van der Waals surface area contributed by atoms with Gasteiger partial charge in [-0.05, 0) is 36.8 Å². The number of halogens is 1. The van der Waals surface area contributed by atoms with Crippen molar-refractivity contribution in [3.8, 4) is 6.07 Å². The summed E-state index contributed by atoms with van der Waals surface area (Å²) in [4.78, 5) is 10.6. The topological polar surface area (TPSA) is 79.0 Å². The van der Waals surface area contributed by atoms with E-state index in [1.165, 1.54) is 6.07 Å². The molecule has 0 radical (unpaired) electrons. The van der Waals surface area contributed by atoms with E-state index in [4.69, 9.17) is 5.26 Å². The molecule has 0 amide bonds. The lowest BCUT2D eigenvalue weighted by Gasteiger charge is -2.16. The first-order valence-electron chi connectivity index (χ1n) is 6.22. The van der Waals surface area contributed by atoms with Gasteiger partial charge in [-0.3, -0.25) is 10.1 Å². The highest BCUT2D eigenvalue weighted by molar-refractivity contribution is 9.10. The zero-order chi connectivity index (χ0) is 15.4. The average Bonchev–Trinajstić information content (AvgIpc) is 2.47. The second-order valence-corrected chi connectivity index (χ2v) is 5.43.